The maximum absolute atomic E-state index is 13.8. The Morgan fingerprint density at radius 2 is 2.15 bits per heavy atom. The molecule has 3 N–H and O–H groups in total. The number of primary amides is 1. The molecule has 9 heteroatoms. The number of carbonyl (C=O) groups is 1. The first-order chi connectivity index (χ1) is 16.0. The topological polar surface area (TPSA) is 76.2 Å². The summed E-state index contributed by atoms with van der Waals surface area (Å²) in [7, 11) is 0. The highest BCUT2D eigenvalue weighted by molar-refractivity contribution is 5.99. The average Bonchev–Trinajstić information content (AvgIpc) is 3.12. The lowest BCUT2D eigenvalue weighted by molar-refractivity contribution is -0.142. The molecule has 1 aliphatic carbocycles. The van der Waals surface area contributed by atoms with Crippen LogP contribution in [0.2, 0.25) is 0 Å². The molecule has 1 aliphatic heterocycles. The summed E-state index contributed by atoms with van der Waals surface area (Å²) in [5, 5.41) is 7.45. The Labute approximate surface area is 198 Å². The van der Waals surface area contributed by atoms with Crippen molar-refractivity contribution in [2.75, 3.05) is 25.0 Å². The molecule has 0 radical (unpaired) electrons. The smallest absolute Gasteiger partial charge is 0.380 e. The number of alkyl halides is 3. The van der Waals surface area contributed by atoms with E-state index in [1.54, 1.807) is 18.2 Å². The average molecular weight is 476 g/mol. The molecular formula is C25H32F3N5O. The molecule has 2 aromatic rings. The molecule has 1 aromatic heterocycles. The van der Waals surface area contributed by atoms with Gasteiger partial charge in [0.1, 0.15) is 0 Å². The van der Waals surface area contributed by atoms with Crippen molar-refractivity contribution in [1.29, 1.82) is 0 Å². The van der Waals surface area contributed by atoms with E-state index in [1.807, 2.05) is 6.08 Å². The lowest BCUT2D eigenvalue weighted by Crippen LogP contribution is -2.42. The second-order valence-corrected chi connectivity index (χ2v) is 10.2. The van der Waals surface area contributed by atoms with E-state index >= 15 is 0 Å². The minimum absolute atomic E-state index is 0.0817. The summed E-state index contributed by atoms with van der Waals surface area (Å²) in [6.07, 6.45) is 0.743. The number of anilines is 1. The molecule has 0 saturated carbocycles. The van der Waals surface area contributed by atoms with Crippen LogP contribution in [0.3, 0.4) is 0 Å². The van der Waals surface area contributed by atoms with Gasteiger partial charge in [0, 0.05) is 36.1 Å². The van der Waals surface area contributed by atoms with Crippen LogP contribution in [0.15, 0.2) is 30.9 Å². The molecule has 0 spiro atoms. The van der Waals surface area contributed by atoms with E-state index in [1.165, 1.54) is 4.68 Å². The number of nitrogens with zero attached hydrogens (tertiary/aromatic N) is 3. The van der Waals surface area contributed by atoms with E-state index in [9.17, 15) is 18.0 Å². The Morgan fingerprint density at radius 1 is 1.38 bits per heavy atom. The van der Waals surface area contributed by atoms with Crippen molar-refractivity contribution in [2.24, 2.45) is 11.1 Å². The predicted octanol–water partition coefficient (Wildman–Crippen LogP) is 4.57. The number of nitrogens with one attached hydrogen (secondary N) is 1. The number of likely N-dealkylation sites (tertiary alicyclic amines) is 1. The van der Waals surface area contributed by atoms with Gasteiger partial charge in [0.25, 0.3) is 5.91 Å². The van der Waals surface area contributed by atoms with Gasteiger partial charge >= 0.3 is 6.18 Å². The number of amides is 1. The number of carbonyl (C=O) groups excluding carboxylic acids is 1. The SMILES string of the molecule is C=CCN1CCC[C@H](Nc2cc(-n3nc(C(F)(F)F)c4c3CC(C)(C)CC4)ccc2C(N)=O)C1. The molecule has 1 saturated heterocycles. The Morgan fingerprint density at radius 3 is 2.82 bits per heavy atom. The highest BCUT2D eigenvalue weighted by Gasteiger charge is 2.42. The number of hydrogen-bond donors (Lipinski definition) is 2. The van der Waals surface area contributed by atoms with Crippen LogP contribution in [0.1, 0.15) is 60.4 Å². The molecule has 184 valence electrons. The van der Waals surface area contributed by atoms with Gasteiger partial charge in [-0.25, -0.2) is 4.68 Å². The summed E-state index contributed by atoms with van der Waals surface area (Å²) in [6.45, 7) is 10.4. The van der Waals surface area contributed by atoms with Crippen LogP contribution in [-0.2, 0) is 19.0 Å². The maximum atomic E-state index is 13.8. The molecule has 0 unspecified atom stereocenters. The number of hydrogen-bond acceptors (Lipinski definition) is 4. The standard InChI is InChI=1S/C25H32F3N5O/c1-4-11-32-12-5-6-16(15-32)30-20-13-17(7-8-18(20)23(29)34)33-21-14-24(2,3)10-9-19(21)22(31-33)25(26,27)28/h4,7-8,13,16,30H,1,5-6,9-12,14-15H2,2-3H3,(H2,29,34)/t16-/m0/s1. The molecule has 1 fully saturated rings. The summed E-state index contributed by atoms with van der Waals surface area (Å²) < 4.78 is 42.8. The zero-order chi connectivity index (χ0) is 24.7. The second-order valence-electron chi connectivity index (χ2n) is 10.2. The van der Waals surface area contributed by atoms with E-state index in [2.05, 4.69) is 35.7 Å². The summed E-state index contributed by atoms with van der Waals surface area (Å²) in [5.41, 5.74) is 6.83. The third-order valence-corrected chi connectivity index (χ3v) is 6.82. The number of aromatic nitrogens is 2. The van der Waals surface area contributed by atoms with Gasteiger partial charge in [-0.05, 0) is 62.3 Å². The Balaban J connectivity index is 1.74. The van der Waals surface area contributed by atoms with E-state index in [4.69, 9.17) is 5.73 Å². The highest BCUT2D eigenvalue weighted by atomic mass is 19.4. The van der Waals surface area contributed by atoms with Crippen molar-refractivity contribution >= 4 is 11.6 Å². The van der Waals surface area contributed by atoms with Crippen molar-refractivity contribution in [3.8, 4) is 5.69 Å². The molecular weight excluding hydrogens is 443 g/mol. The summed E-state index contributed by atoms with van der Waals surface area (Å²) >= 11 is 0. The number of piperidine rings is 1. The van der Waals surface area contributed by atoms with E-state index < -0.39 is 17.8 Å². The molecule has 2 aliphatic rings. The lowest BCUT2D eigenvalue weighted by Gasteiger charge is -2.33. The van der Waals surface area contributed by atoms with Gasteiger partial charge in [-0.2, -0.15) is 18.3 Å². The Hall–Kier alpha value is -2.81. The summed E-state index contributed by atoms with van der Waals surface area (Å²) in [4.78, 5) is 14.4. The highest BCUT2D eigenvalue weighted by Crippen LogP contribution is 2.42. The second kappa shape index (κ2) is 9.09. The van der Waals surface area contributed by atoms with E-state index in [0.717, 1.165) is 32.5 Å². The third kappa shape index (κ3) is 4.99. The largest absolute Gasteiger partial charge is 0.435 e. The number of rotatable bonds is 6. The van der Waals surface area contributed by atoms with Crippen LogP contribution in [0, 0.1) is 5.41 Å². The van der Waals surface area contributed by atoms with Crippen molar-refractivity contribution in [2.45, 2.75) is 58.2 Å². The quantitative estimate of drug-likeness (QED) is 0.601. The zero-order valence-electron chi connectivity index (χ0n) is 19.7. The number of nitrogens with two attached hydrogens (primary N) is 1. The monoisotopic (exact) mass is 475 g/mol. The molecule has 1 amide bonds. The minimum atomic E-state index is -4.53. The lowest BCUT2D eigenvalue weighted by atomic mass is 9.76. The van der Waals surface area contributed by atoms with Gasteiger partial charge in [0.05, 0.1) is 11.3 Å². The molecule has 1 aromatic carbocycles. The molecule has 4 rings (SSSR count). The summed E-state index contributed by atoms with van der Waals surface area (Å²) in [6, 6.07) is 4.96. The van der Waals surface area contributed by atoms with Crippen LogP contribution >= 0.6 is 0 Å². The first-order valence-electron chi connectivity index (χ1n) is 11.7. The van der Waals surface area contributed by atoms with Gasteiger partial charge in [-0.15, -0.1) is 6.58 Å². The number of fused-ring (bicyclic) bond motifs is 1. The third-order valence-electron chi connectivity index (χ3n) is 6.82. The van der Waals surface area contributed by atoms with Crippen molar-refractivity contribution < 1.29 is 18.0 Å². The molecule has 2 heterocycles. The Bertz CT molecular complexity index is 1090. The van der Waals surface area contributed by atoms with Crippen molar-refractivity contribution in [3.05, 3.63) is 53.4 Å². The van der Waals surface area contributed by atoms with E-state index in [-0.39, 0.29) is 17.0 Å². The van der Waals surface area contributed by atoms with Crippen LogP contribution in [0.25, 0.3) is 5.69 Å². The summed E-state index contributed by atoms with van der Waals surface area (Å²) in [5.74, 6) is -0.590. The first-order valence-corrected chi connectivity index (χ1v) is 11.7. The van der Waals surface area contributed by atoms with Gasteiger partial charge in [-0.1, -0.05) is 19.9 Å². The fraction of sp³-hybridized carbons (Fsp3) is 0.520. The fourth-order valence-corrected chi connectivity index (χ4v) is 5.12. The molecule has 34 heavy (non-hydrogen) atoms. The predicted molar refractivity (Wildman–Crippen MR) is 126 cm³/mol. The Kier molecular flexibility index (Phi) is 6.50. The zero-order valence-corrected chi connectivity index (χ0v) is 19.7. The van der Waals surface area contributed by atoms with Gasteiger partial charge in [-0.3, -0.25) is 9.69 Å². The maximum Gasteiger partial charge on any atom is 0.435 e. The normalized spacial score (nSPS) is 20.6. The number of benzene rings is 1. The minimum Gasteiger partial charge on any atom is -0.380 e. The fourth-order valence-electron chi connectivity index (χ4n) is 5.12. The van der Waals surface area contributed by atoms with Gasteiger partial charge < -0.3 is 11.1 Å². The molecule has 1 atom stereocenters. The van der Waals surface area contributed by atoms with Crippen LogP contribution in [0.5, 0.6) is 0 Å². The molecule has 0 bridgehead atoms. The van der Waals surface area contributed by atoms with Crippen molar-refractivity contribution in [3.63, 3.8) is 0 Å². The van der Waals surface area contributed by atoms with Gasteiger partial charge in [0.2, 0.25) is 0 Å². The van der Waals surface area contributed by atoms with Crippen molar-refractivity contribution in [1.82, 2.24) is 14.7 Å². The van der Waals surface area contributed by atoms with Crippen LogP contribution < -0.4 is 11.1 Å². The van der Waals surface area contributed by atoms with E-state index in [0.29, 0.717) is 41.9 Å². The van der Waals surface area contributed by atoms with Crippen LogP contribution in [-0.4, -0.2) is 46.3 Å². The molecule has 6 nitrogen and oxygen atoms in total. The van der Waals surface area contributed by atoms with Gasteiger partial charge in [0.15, 0.2) is 5.69 Å². The first kappa shape index (κ1) is 24.3. The van der Waals surface area contributed by atoms with Crippen LogP contribution in [0.4, 0.5) is 18.9 Å². The number of halogens is 3.